The number of hydrogen-bond donors (Lipinski definition) is 0. The van der Waals surface area contributed by atoms with Crippen molar-refractivity contribution in [3.8, 4) is 0 Å². The maximum atomic E-state index is 10.8. The maximum Gasteiger partial charge on any atom is 0.155 e. The molecule has 0 saturated carbocycles. The van der Waals surface area contributed by atoms with Gasteiger partial charge in [0.15, 0.2) is 34.7 Å². The second kappa shape index (κ2) is 27.7. The van der Waals surface area contributed by atoms with Gasteiger partial charge in [0.05, 0.1) is 0 Å². The van der Waals surface area contributed by atoms with E-state index in [4.69, 9.17) is 0 Å². The van der Waals surface area contributed by atoms with Crippen molar-refractivity contribution < 1.29 is 28.8 Å². The molecule has 0 bridgehead atoms. The van der Waals surface area contributed by atoms with Crippen molar-refractivity contribution in [3.63, 3.8) is 0 Å². The number of carbonyl (C=O) groups excluding carboxylic acids is 6. The molecular weight excluding hydrogens is 456 g/mol. The molecule has 0 amide bonds. The highest BCUT2D eigenvalue weighted by Gasteiger charge is 2.00. The lowest BCUT2D eigenvalue weighted by molar-refractivity contribution is -0.116. The zero-order chi connectivity index (χ0) is 28.2. The fourth-order valence-electron chi connectivity index (χ4n) is 2.42. The fourth-order valence-corrected chi connectivity index (χ4v) is 2.42. The van der Waals surface area contributed by atoms with Gasteiger partial charge in [-0.25, -0.2) is 0 Å². The van der Waals surface area contributed by atoms with E-state index in [1.54, 1.807) is 0 Å². The Morgan fingerprint density at radius 2 is 0.472 bits per heavy atom. The Labute approximate surface area is 216 Å². The molecule has 0 aliphatic rings. The number of hydrogen-bond acceptors (Lipinski definition) is 6. The predicted octanol–water partition coefficient (Wildman–Crippen LogP) is 6.17. The first-order chi connectivity index (χ1) is 17.1. The number of unbranched alkanes of at least 4 members (excludes halogenated alkanes) is 3. The average Bonchev–Trinajstić information content (AvgIpc) is 2.90. The average molecular weight is 499 g/mol. The molecule has 0 aromatic rings. The van der Waals surface area contributed by atoms with Crippen LogP contribution in [0.1, 0.15) is 77.0 Å². The third kappa shape index (κ3) is 30.5. The van der Waals surface area contributed by atoms with Crippen LogP contribution in [0.2, 0.25) is 0 Å². The van der Waals surface area contributed by atoms with Gasteiger partial charge in [-0.3, -0.25) is 28.8 Å². The molecule has 36 heavy (non-hydrogen) atoms. The third-order valence-corrected chi connectivity index (χ3v) is 4.66. The first-order valence-corrected chi connectivity index (χ1v) is 12.0. The molecule has 0 radical (unpaired) electrons. The number of ketones is 6. The minimum absolute atomic E-state index is 0.0122. The highest BCUT2D eigenvalue weighted by molar-refractivity contribution is 5.92. The van der Waals surface area contributed by atoms with Crippen LogP contribution in [-0.2, 0) is 28.8 Å². The van der Waals surface area contributed by atoms with Gasteiger partial charge in [0.2, 0.25) is 0 Å². The molecule has 0 aliphatic heterocycles. The second-order valence-electron chi connectivity index (χ2n) is 7.64. The molecule has 198 valence electrons. The van der Waals surface area contributed by atoms with Gasteiger partial charge < -0.3 is 0 Å². The summed E-state index contributed by atoms with van der Waals surface area (Å²) >= 11 is 0. The third-order valence-electron chi connectivity index (χ3n) is 4.66. The quantitative estimate of drug-likeness (QED) is 0.138. The van der Waals surface area contributed by atoms with Crippen molar-refractivity contribution in [2.24, 2.45) is 0 Å². The molecule has 0 fully saturated rings. The zero-order valence-corrected chi connectivity index (χ0v) is 21.6. The Hall–Kier alpha value is -3.54. The summed E-state index contributed by atoms with van der Waals surface area (Å²) in [5, 5.41) is 0. The zero-order valence-electron chi connectivity index (χ0n) is 21.6. The van der Waals surface area contributed by atoms with E-state index in [-0.39, 0.29) is 34.7 Å². The molecule has 0 heterocycles. The van der Waals surface area contributed by atoms with Gasteiger partial charge in [0, 0.05) is 38.5 Å². The van der Waals surface area contributed by atoms with Crippen LogP contribution in [0.3, 0.4) is 0 Å². The highest BCUT2D eigenvalue weighted by Crippen LogP contribution is 2.04. The Bertz CT molecular complexity index is 721. The van der Waals surface area contributed by atoms with Crippen LogP contribution in [0.25, 0.3) is 0 Å². The SMILES string of the molecule is C=CC(=O)CCCC(=O)C=C.C=CC(=O)CCCCC(=O)C=C.C=CC(=O)CCCCCC(=O)C=C. The summed E-state index contributed by atoms with van der Waals surface area (Å²) in [6.45, 7) is 20.1. The van der Waals surface area contributed by atoms with E-state index in [0.29, 0.717) is 44.9 Å². The Morgan fingerprint density at radius 1 is 0.306 bits per heavy atom. The van der Waals surface area contributed by atoms with Gasteiger partial charge in [-0.15, -0.1) is 0 Å². The van der Waals surface area contributed by atoms with Crippen molar-refractivity contribution in [2.75, 3.05) is 0 Å². The van der Waals surface area contributed by atoms with E-state index in [9.17, 15) is 28.8 Å². The van der Waals surface area contributed by atoms with Gasteiger partial charge in [-0.2, -0.15) is 0 Å². The molecule has 0 unspecified atom stereocenters. The van der Waals surface area contributed by atoms with Crippen molar-refractivity contribution in [2.45, 2.75) is 77.0 Å². The van der Waals surface area contributed by atoms with E-state index in [0.717, 1.165) is 32.1 Å². The molecule has 0 aliphatic carbocycles. The highest BCUT2D eigenvalue weighted by atomic mass is 16.1. The van der Waals surface area contributed by atoms with Crippen LogP contribution >= 0.6 is 0 Å². The number of rotatable bonds is 21. The van der Waals surface area contributed by atoms with Crippen LogP contribution in [-0.4, -0.2) is 34.7 Å². The predicted molar refractivity (Wildman–Crippen MR) is 147 cm³/mol. The molecule has 6 nitrogen and oxygen atoms in total. The van der Waals surface area contributed by atoms with Gasteiger partial charge in [-0.1, -0.05) is 45.9 Å². The van der Waals surface area contributed by atoms with Crippen LogP contribution in [0.15, 0.2) is 75.9 Å². The molecule has 6 heteroatoms. The van der Waals surface area contributed by atoms with E-state index >= 15 is 0 Å². The molecule has 0 aromatic heterocycles. The lowest BCUT2D eigenvalue weighted by Crippen LogP contribution is -1.96. The normalized spacial score (nSPS) is 9.00. The number of allylic oxidation sites excluding steroid dienone is 6. The van der Waals surface area contributed by atoms with Crippen molar-refractivity contribution in [1.82, 2.24) is 0 Å². The summed E-state index contributed by atoms with van der Waals surface area (Å²) in [4.78, 5) is 64.2. The smallest absolute Gasteiger partial charge is 0.155 e. The van der Waals surface area contributed by atoms with E-state index in [2.05, 4.69) is 39.5 Å². The molecule has 0 atom stereocenters. The maximum absolute atomic E-state index is 10.8. The standard InChI is InChI=1S/C11H16O2.C10H14O2.C9H12O2/c1-3-10(12)8-6-5-7-9-11(13)4-2;1-3-9(11)7-5-6-8-10(12)4-2;1-3-8(10)6-5-7-9(11)4-2/h3-4H,1-2,5-9H2;3-4H,1-2,5-8H2;3-4H,1-2,5-7H2. The van der Waals surface area contributed by atoms with Gasteiger partial charge in [0.1, 0.15) is 0 Å². The molecule has 0 aromatic carbocycles. The summed E-state index contributed by atoms with van der Waals surface area (Å²) in [6, 6.07) is 0. The van der Waals surface area contributed by atoms with Crippen LogP contribution in [0, 0.1) is 0 Å². The lowest BCUT2D eigenvalue weighted by Gasteiger charge is -1.96. The Balaban J connectivity index is -0.000000455. The van der Waals surface area contributed by atoms with E-state index in [1.807, 2.05) is 0 Å². The van der Waals surface area contributed by atoms with Crippen LogP contribution in [0.5, 0.6) is 0 Å². The molecule has 0 spiro atoms. The summed E-state index contributed by atoms with van der Waals surface area (Å²) in [5.41, 5.74) is 0. The molecule has 0 saturated heterocycles. The summed E-state index contributed by atoms with van der Waals surface area (Å²) in [6.07, 6.45) is 15.5. The summed E-state index contributed by atoms with van der Waals surface area (Å²) < 4.78 is 0. The lowest BCUT2D eigenvalue weighted by atomic mass is 10.1. The molecule has 0 rings (SSSR count). The van der Waals surface area contributed by atoms with Gasteiger partial charge in [-0.05, 0) is 68.6 Å². The van der Waals surface area contributed by atoms with Crippen LogP contribution < -0.4 is 0 Å². The van der Waals surface area contributed by atoms with Crippen molar-refractivity contribution in [3.05, 3.63) is 75.9 Å². The summed E-state index contributed by atoms with van der Waals surface area (Å²) in [7, 11) is 0. The first kappa shape index (κ1) is 37.0. The van der Waals surface area contributed by atoms with Gasteiger partial charge in [0.25, 0.3) is 0 Å². The van der Waals surface area contributed by atoms with Crippen molar-refractivity contribution >= 4 is 34.7 Å². The monoisotopic (exact) mass is 498 g/mol. The van der Waals surface area contributed by atoms with Crippen LogP contribution in [0.4, 0.5) is 0 Å². The summed E-state index contributed by atoms with van der Waals surface area (Å²) in [5.74, 6) is 0.218. The minimum Gasteiger partial charge on any atom is -0.295 e. The fraction of sp³-hybridized carbons (Fsp3) is 0.400. The molecule has 0 N–H and O–H groups in total. The minimum atomic E-state index is -0.0122. The first-order valence-electron chi connectivity index (χ1n) is 12.0. The Kier molecular flexibility index (Phi) is 28.5. The number of carbonyl (C=O) groups is 6. The largest absolute Gasteiger partial charge is 0.295 e. The van der Waals surface area contributed by atoms with Crippen molar-refractivity contribution in [1.29, 1.82) is 0 Å². The van der Waals surface area contributed by atoms with E-state index < -0.39 is 0 Å². The molecular formula is C30H42O6. The second-order valence-corrected chi connectivity index (χ2v) is 7.64. The van der Waals surface area contributed by atoms with E-state index in [1.165, 1.54) is 36.5 Å². The topological polar surface area (TPSA) is 102 Å². The Morgan fingerprint density at radius 3 is 0.667 bits per heavy atom. The van der Waals surface area contributed by atoms with Gasteiger partial charge >= 0.3 is 0 Å².